The smallest absolute Gasteiger partial charge is 0.218 e. The predicted octanol–water partition coefficient (Wildman–Crippen LogP) is 5.32. The highest BCUT2D eigenvalue weighted by Crippen LogP contribution is 2.17. The fourth-order valence-electron chi connectivity index (χ4n) is 3.11. The number of aryl methyl sites for hydroxylation is 2. The van der Waals surface area contributed by atoms with E-state index in [1.165, 1.54) is 17.9 Å². The zero-order chi connectivity index (χ0) is 22.2. The predicted molar refractivity (Wildman–Crippen MR) is 116 cm³/mol. The van der Waals surface area contributed by atoms with Crippen LogP contribution < -0.4 is 4.74 Å². The average Bonchev–Trinajstić information content (AvgIpc) is 3.49. The molecule has 0 radical (unpaired) electrons. The van der Waals surface area contributed by atoms with Crippen molar-refractivity contribution in [2.45, 2.75) is 32.4 Å². The van der Waals surface area contributed by atoms with E-state index in [2.05, 4.69) is 27.4 Å². The van der Waals surface area contributed by atoms with Gasteiger partial charge in [0.2, 0.25) is 5.89 Å². The average molecular weight is 436 g/mol. The third-order valence-corrected chi connectivity index (χ3v) is 4.82. The van der Waals surface area contributed by atoms with E-state index in [1.807, 2.05) is 23.0 Å². The molecule has 8 heteroatoms. The standard InChI is InChI=1S/C24H22F2N4O2/c25-22-10-6-19(15-23(22)26)7-11-24-28-20(17-32-24)16-31-21-8-4-18(5-9-21)3-1-2-13-30-14-12-27-29-30/h4-12,14-15,17H,1-3,13,16H2/b11-7+. The number of rotatable bonds is 10. The highest BCUT2D eigenvalue weighted by molar-refractivity contribution is 5.65. The molecule has 0 amide bonds. The monoisotopic (exact) mass is 436 g/mol. The van der Waals surface area contributed by atoms with Crippen LogP contribution in [0.5, 0.6) is 5.75 Å². The molecule has 2 aromatic heterocycles. The molecule has 0 spiro atoms. The molecule has 2 aromatic carbocycles. The fraction of sp³-hybridized carbons (Fsp3) is 0.208. The first kappa shape index (κ1) is 21.4. The van der Waals surface area contributed by atoms with Crippen molar-refractivity contribution in [2.24, 2.45) is 0 Å². The summed E-state index contributed by atoms with van der Waals surface area (Å²) in [5.41, 5.74) is 2.40. The summed E-state index contributed by atoms with van der Waals surface area (Å²) in [5.74, 6) is -0.673. The molecule has 32 heavy (non-hydrogen) atoms. The van der Waals surface area contributed by atoms with Gasteiger partial charge in [0.15, 0.2) is 11.6 Å². The van der Waals surface area contributed by atoms with Crippen LogP contribution in [0.25, 0.3) is 12.2 Å². The molecular weight excluding hydrogens is 414 g/mol. The zero-order valence-electron chi connectivity index (χ0n) is 17.3. The first-order chi connectivity index (χ1) is 15.7. The number of aromatic nitrogens is 4. The summed E-state index contributed by atoms with van der Waals surface area (Å²) in [5, 5.41) is 7.76. The van der Waals surface area contributed by atoms with Gasteiger partial charge in [0.25, 0.3) is 0 Å². The normalized spacial score (nSPS) is 11.3. The van der Waals surface area contributed by atoms with Gasteiger partial charge < -0.3 is 9.15 Å². The molecule has 2 heterocycles. The number of hydrogen-bond acceptors (Lipinski definition) is 5. The van der Waals surface area contributed by atoms with Gasteiger partial charge in [-0.25, -0.2) is 13.8 Å². The first-order valence-corrected chi connectivity index (χ1v) is 10.3. The molecule has 6 nitrogen and oxygen atoms in total. The maximum absolute atomic E-state index is 13.3. The second kappa shape index (κ2) is 10.5. The van der Waals surface area contributed by atoms with Gasteiger partial charge in [-0.1, -0.05) is 23.4 Å². The van der Waals surface area contributed by atoms with Gasteiger partial charge in [-0.3, -0.25) is 4.68 Å². The molecule has 0 atom stereocenters. The molecule has 164 valence electrons. The molecule has 0 saturated carbocycles. The third kappa shape index (κ3) is 6.10. The van der Waals surface area contributed by atoms with Crippen molar-refractivity contribution in [1.82, 2.24) is 20.0 Å². The van der Waals surface area contributed by atoms with E-state index >= 15 is 0 Å². The summed E-state index contributed by atoms with van der Waals surface area (Å²) in [7, 11) is 0. The zero-order valence-corrected chi connectivity index (χ0v) is 17.3. The van der Waals surface area contributed by atoms with Gasteiger partial charge in [-0.05, 0) is 60.7 Å². The number of halogens is 2. The minimum atomic E-state index is -0.897. The van der Waals surface area contributed by atoms with Crippen molar-refractivity contribution in [1.29, 1.82) is 0 Å². The van der Waals surface area contributed by atoms with Crippen molar-refractivity contribution >= 4 is 12.2 Å². The van der Waals surface area contributed by atoms with Crippen LogP contribution in [0.15, 0.2) is 65.5 Å². The quantitative estimate of drug-likeness (QED) is 0.315. The van der Waals surface area contributed by atoms with E-state index in [-0.39, 0.29) is 6.61 Å². The lowest BCUT2D eigenvalue weighted by Crippen LogP contribution is -1.99. The van der Waals surface area contributed by atoms with Gasteiger partial charge in [0.1, 0.15) is 24.3 Å². The molecule has 0 aliphatic rings. The first-order valence-electron chi connectivity index (χ1n) is 10.3. The van der Waals surface area contributed by atoms with Crippen molar-refractivity contribution in [3.63, 3.8) is 0 Å². The summed E-state index contributed by atoms with van der Waals surface area (Å²) >= 11 is 0. The molecule has 0 aliphatic carbocycles. The largest absolute Gasteiger partial charge is 0.487 e. The Balaban J connectivity index is 1.22. The maximum atomic E-state index is 13.3. The summed E-state index contributed by atoms with van der Waals surface area (Å²) in [6, 6.07) is 11.7. The van der Waals surface area contributed by atoms with Crippen molar-refractivity contribution in [3.05, 3.63) is 95.5 Å². The molecule has 0 bridgehead atoms. The number of ether oxygens (including phenoxy) is 1. The van der Waals surface area contributed by atoms with Crippen LogP contribution in [0.2, 0.25) is 0 Å². The Labute approximate surface area is 184 Å². The van der Waals surface area contributed by atoms with E-state index in [1.54, 1.807) is 18.3 Å². The molecule has 0 saturated heterocycles. The van der Waals surface area contributed by atoms with E-state index in [9.17, 15) is 8.78 Å². The Morgan fingerprint density at radius 1 is 1.00 bits per heavy atom. The molecule has 0 unspecified atom stereocenters. The molecule has 4 rings (SSSR count). The van der Waals surface area contributed by atoms with Gasteiger partial charge in [-0.15, -0.1) is 5.10 Å². The van der Waals surface area contributed by atoms with Crippen LogP contribution in [-0.4, -0.2) is 20.0 Å². The Bertz CT molecular complexity index is 1160. The number of benzene rings is 2. The van der Waals surface area contributed by atoms with Gasteiger partial charge in [0.05, 0.1) is 6.20 Å². The minimum Gasteiger partial charge on any atom is -0.487 e. The summed E-state index contributed by atoms with van der Waals surface area (Å²) < 4.78 is 39.2. The SMILES string of the molecule is Fc1ccc(/C=C/c2nc(COc3ccc(CCCCn4ccnn4)cc3)co2)cc1F. The van der Waals surface area contributed by atoms with Gasteiger partial charge in [0, 0.05) is 18.8 Å². The Morgan fingerprint density at radius 3 is 2.66 bits per heavy atom. The Morgan fingerprint density at radius 2 is 1.88 bits per heavy atom. The third-order valence-electron chi connectivity index (χ3n) is 4.82. The van der Waals surface area contributed by atoms with Crippen LogP contribution >= 0.6 is 0 Å². The molecular formula is C24H22F2N4O2. The Kier molecular flexibility index (Phi) is 7.01. The summed E-state index contributed by atoms with van der Waals surface area (Å²) in [4.78, 5) is 4.31. The lowest BCUT2D eigenvalue weighted by Gasteiger charge is -2.06. The number of nitrogens with zero attached hydrogens (tertiary/aromatic N) is 4. The second-order valence-corrected chi connectivity index (χ2v) is 7.24. The van der Waals surface area contributed by atoms with E-state index in [0.29, 0.717) is 17.1 Å². The Hall–Kier alpha value is -3.81. The molecule has 0 fully saturated rings. The second-order valence-electron chi connectivity index (χ2n) is 7.24. The van der Waals surface area contributed by atoms with E-state index < -0.39 is 11.6 Å². The van der Waals surface area contributed by atoms with Crippen LogP contribution in [0.3, 0.4) is 0 Å². The lowest BCUT2D eigenvalue weighted by molar-refractivity contribution is 0.301. The molecule has 0 aliphatic heterocycles. The number of unbranched alkanes of at least 4 members (excludes halogenated alkanes) is 1. The van der Waals surface area contributed by atoms with Crippen molar-refractivity contribution in [3.8, 4) is 5.75 Å². The number of hydrogen-bond donors (Lipinski definition) is 0. The van der Waals surface area contributed by atoms with Crippen molar-refractivity contribution < 1.29 is 17.9 Å². The van der Waals surface area contributed by atoms with Crippen LogP contribution in [0.1, 0.15) is 35.6 Å². The van der Waals surface area contributed by atoms with Crippen molar-refractivity contribution in [2.75, 3.05) is 0 Å². The topological polar surface area (TPSA) is 66.0 Å². The maximum Gasteiger partial charge on any atom is 0.218 e. The lowest BCUT2D eigenvalue weighted by atomic mass is 10.1. The highest BCUT2D eigenvalue weighted by Gasteiger charge is 2.04. The fourth-order valence-corrected chi connectivity index (χ4v) is 3.11. The summed E-state index contributed by atoms with van der Waals surface area (Å²) in [6.45, 7) is 1.14. The number of oxazole rings is 1. The van der Waals surface area contributed by atoms with Crippen LogP contribution in [-0.2, 0) is 19.6 Å². The highest BCUT2D eigenvalue weighted by atomic mass is 19.2. The van der Waals surface area contributed by atoms with E-state index in [4.69, 9.17) is 9.15 Å². The van der Waals surface area contributed by atoms with Gasteiger partial charge in [-0.2, -0.15) is 0 Å². The minimum absolute atomic E-state index is 0.264. The van der Waals surface area contributed by atoms with E-state index in [0.717, 1.165) is 43.7 Å². The molecule has 0 N–H and O–H groups in total. The van der Waals surface area contributed by atoms with Gasteiger partial charge >= 0.3 is 0 Å². The van der Waals surface area contributed by atoms with Crippen LogP contribution in [0, 0.1) is 11.6 Å². The summed E-state index contributed by atoms with van der Waals surface area (Å²) in [6.07, 6.45) is 11.4. The van der Waals surface area contributed by atoms with Crippen LogP contribution in [0.4, 0.5) is 8.78 Å². The molecule has 4 aromatic rings.